The molecule has 4 nitrogen and oxygen atoms in total. The van der Waals surface area contributed by atoms with Crippen LogP contribution in [0.4, 0.5) is 42.1 Å². The Labute approximate surface area is 176 Å². The van der Waals surface area contributed by atoms with E-state index in [1.807, 2.05) is 6.92 Å². The topological polar surface area (TPSA) is 58.2 Å². The summed E-state index contributed by atoms with van der Waals surface area (Å²) in [5.74, 6) is -11.8. The SMILES string of the molecule is CCCC(=O)Nc1ccc(SCC(=O)Nc2c(F)c(F)c(C(F)(F)F)c(F)c2F)cc1. The normalized spacial score (nSPS) is 11.4. The Bertz CT molecular complexity index is 950. The lowest BCUT2D eigenvalue weighted by atomic mass is 10.1. The number of carbonyl (C=O) groups excluding carboxylic acids is 2. The number of alkyl halides is 3. The molecule has 0 aliphatic rings. The van der Waals surface area contributed by atoms with E-state index in [9.17, 15) is 40.3 Å². The highest BCUT2D eigenvalue weighted by Gasteiger charge is 2.42. The Morgan fingerprint density at radius 3 is 1.90 bits per heavy atom. The first kappa shape index (κ1) is 24.5. The van der Waals surface area contributed by atoms with Gasteiger partial charge in [-0.2, -0.15) is 13.2 Å². The Kier molecular flexibility index (Phi) is 7.93. The zero-order valence-electron chi connectivity index (χ0n) is 15.8. The maximum absolute atomic E-state index is 13.8. The fourth-order valence-corrected chi connectivity index (χ4v) is 3.10. The lowest BCUT2D eigenvalue weighted by Crippen LogP contribution is -2.21. The van der Waals surface area contributed by atoms with Crippen LogP contribution in [0.5, 0.6) is 0 Å². The second-order valence-corrected chi connectivity index (χ2v) is 7.21. The third kappa shape index (κ3) is 6.12. The van der Waals surface area contributed by atoms with E-state index in [0.29, 0.717) is 23.4 Å². The van der Waals surface area contributed by atoms with Gasteiger partial charge in [-0.3, -0.25) is 9.59 Å². The molecule has 0 unspecified atom stereocenters. The lowest BCUT2D eigenvalue weighted by molar-refractivity contribution is -0.143. The van der Waals surface area contributed by atoms with Crippen LogP contribution < -0.4 is 10.6 Å². The maximum Gasteiger partial charge on any atom is 0.422 e. The fourth-order valence-electron chi connectivity index (χ4n) is 2.40. The highest BCUT2D eigenvalue weighted by molar-refractivity contribution is 8.00. The van der Waals surface area contributed by atoms with Gasteiger partial charge in [0, 0.05) is 17.0 Å². The molecule has 168 valence electrons. The highest BCUT2D eigenvalue weighted by atomic mass is 32.2. The standard InChI is InChI=1S/C19H15F7N2O2S/c1-2-3-11(29)27-9-4-6-10(7-5-9)31-8-12(30)28-18-16(22)14(20)13(19(24,25)26)15(21)17(18)23/h4-7H,2-3,8H2,1H3,(H,27,29)(H,28,30). The summed E-state index contributed by atoms with van der Waals surface area (Å²) in [4.78, 5) is 23.9. The van der Waals surface area contributed by atoms with E-state index in [0.717, 1.165) is 11.8 Å². The summed E-state index contributed by atoms with van der Waals surface area (Å²) in [6.45, 7) is 1.84. The zero-order valence-corrected chi connectivity index (χ0v) is 16.6. The number of benzene rings is 2. The van der Waals surface area contributed by atoms with Crippen molar-refractivity contribution in [3.63, 3.8) is 0 Å². The minimum absolute atomic E-state index is 0.178. The molecule has 0 aromatic heterocycles. The van der Waals surface area contributed by atoms with Gasteiger partial charge in [-0.1, -0.05) is 6.92 Å². The molecule has 31 heavy (non-hydrogen) atoms. The smallest absolute Gasteiger partial charge is 0.326 e. The third-order valence-corrected chi connectivity index (χ3v) is 4.81. The first-order valence-electron chi connectivity index (χ1n) is 8.71. The Morgan fingerprint density at radius 2 is 1.42 bits per heavy atom. The van der Waals surface area contributed by atoms with Gasteiger partial charge in [0.1, 0.15) is 11.3 Å². The number of carbonyl (C=O) groups is 2. The minimum atomic E-state index is -5.67. The van der Waals surface area contributed by atoms with Gasteiger partial charge in [0.05, 0.1) is 5.75 Å². The fraction of sp³-hybridized carbons (Fsp3) is 0.263. The molecule has 0 atom stereocenters. The summed E-state index contributed by atoms with van der Waals surface area (Å²) in [5, 5.41) is 4.19. The molecule has 0 heterocycles. The van der Waals surface area contributed by atoms with Crippen LogP contribution in [0.1, 0.15) is 25.3 Å². The molecule has 0 aliphatic heterocycles. The number of thioether (sulfide) groups is 1. The summed E-state index contributed by atoms with van der Waals surface area (Å²) in [6, 6.07) is 6.18. The van der Waals surface area contributed by atoms with Crippen molar-refractivity contribution >= 4 is 35.0 Å². The molecule has 2 N–H and O–H groups in total. The molecule has 12 heteroatoms. The van der Waals surface area contributed by atoms with Gasteiger partial charge in [-0.15, -0.1) is 11.8 Å². The number of amides is 2. The Hall–Kier alpha value is -2.76. The predicted octanol–water partition coefficient (Wildman–Crippen LogP) is 5.73. The molecule has 0 spiro atoms. The highest BCUT2D eigenvalue weighted by Crippen LogP contribution is 2.38. The molecule has 2 rings (SSSR count). The zero-order chi connectivity index (χ0) is 23.3. The molecule has 0 radical (unpaired) electrons. The second kappa shape index (κ2) is 10.0. The number of hydrogen-bond donors (Lipinski definition) is 2. The van der Waals surface area contributed by atoms with Gasteiger partial charge in [-0.05, 0) is 30.7 Å². The van der Waals surface area contributed by atoms with E-state index in [1.165, 1.54) is 12.1 Å². The van der Waals surface area contributed by atoms with Gasteiger partial charge in [0.15, 0.2) is 23.3 Å². The largest absolute Gasteiger partial charge is 0.422 e. The van der Waals surface area contributed by atoms with Gasteiger partial charge >= 0.3 is 6.18 Å². The van der Waals surface area contributed by atoms with Crippen molar-refractivity contribution in [2.45, 2.75) is 30.8 Å². The number of rotatable bonds is 7. The molecule has 0 fully saturated rings. The predicted molar refractivity (Wildman–Crippen MR) is 101 cm³/mol. The molecule has 2 amide bonds. The summed E-state index contributed by atoms with van der Waals surface area (Å²) >= 11 is 0.876. The molecule has 0 saturated heterocycles. The monoisotopic (exact) mass is 468 g/mol. The first-order valence-corrected chi connectivity index (χ1v) is 9.70. The molecule has 2 aromatic rings. The van der Waals surface area contributed by atoms with Crippen LogP contribution in [0.2, 0.25) is 0 Å². The molecular weight excluding hydrogens is 453 g/mol. The van der Waals surface area contributed by atoms with Crippen LogP contribution in [0.3, 0.4) is 0 Å². The average molecular weight is 468 g/mol. The van der Waals surface area contributed by atoms with E-state index >= 15 is 0 Å². The van der Waals surface area contributed by atoms with Crippen LogP contribution in [-0.4, -0.2) is 17.6 Å². The number of anilines is 2. The van der Waals surface area contributed by atoms with Crippen molar-refractivity contribution in [3.8, 4) is 0 Å². The Balaban J connectivity index is 2.06. The van der Waals surface area contributed by atoms with Crippen LogP contribution in [0.25, 0.3) is 0 Å². The lowest BCUT2D eigenvalue weighted by Gasteiger charge is -2.14. The van der Waals surface area contributed by atoms with Gasteiger partial charge < -0.3 is 10.6 Å². The maximum atomic E-state index is 13.8. The van der Waals surface area contributed by atoms with Crippen LogP contribution >= 0.6 is 11.8 Å². The summed E-state index contributed by atoms with van der Waals surface area (Å²) < 4.78 is 92.6. The summed E-state index contributed by atoms with van der Waals surface area (Å²) in [5.41, 5.74) is -3.87. The molecular formula is C19H15F7N2O2S. The number of halogens is 7. The van der Waals surface area contributed by atoms with E-state index < -0.39 is 52.4 Å². The van der Waals surface area contributed by atoms with E-state index in [-0.39, 0.29) is 5.91 Å². The number of hydrogen-bond acceptors (Lipinski definition) is 3. The van der Waals surface area contributed by atoms with Crippen molar-refractivity contribution in [2.24, 2.45) is 0 Å². The van der Waals surface area contributed by atoms with Crippen LogP contribution in [-0.2, 0) is 15.8 Å². The van der Waals surface area contributed by atoms with Crippen LogP contribution in [0.15, 0.2) is 29.2 Å². The first-order chi connectivity index (χ1) is 14.5. The average Bonchev–Trinajstić information content (AvgIpc) is 2.68. The van der Waals surface area contributed by atoms with Crippen molar-refractivity contribution in [2.75, 3.05) is 16.4 Å². The van der Waals surface area contributed by atoms with Crippen molar-refractivity contribution < 1.29 is 40.3 Å². The quantitative estimate of drug-likeness (QED) is 0.310. The molecule has 0 saturated carbocycles. The van der Waals surface area contributed by atoms with Gasteiger partial charge in [-0.25, -0.2) is 17.6 Å². The summed E-state index contributed by atoms with van der Waals surface area (Å²) in [6.07, 6.45) is -4.66. The van der Waals surface area contributed by atoms with Gasteiger partial charge in [0.2, 0.25) is 11.8 Å². The summed E-state index contributed by atoms with van der Waals surface area (Å²) in [7, 11) is 0. The van der Waals surface area contributed by atoms with E-state index in [1.54, 1.807) is 17.4 Å². The Morgan fingerprint density at radius 1 is 0.871 bits per heavy atom. The van der Waals surface area contributed by atoms with Crippen molar-refractivity contribution in [3.05, 3.63) is 53.1 Å². The molecule has 0 bridgehead atoms. The van der Waals surface area contributed by atoms with E-state index in [4.69, 9.17) is 0 Å². The number of nitrogens with one attached hydrogen (secondary N) is 2. The van der Waals surface area contributed by atoms with Crippen LogP contribution in [0, 0.1) is 23.3 Å². The molecule has 0 aliphatic carbocycles. The molecule has 2 aromatic carbocycles. The van der Waals surface area contributed by atoms with E-state index in [2.05, 4.69) is 5.32 Å². The second-order valence-electron chi connectivity index (χ2n) is 6.16. The van der Waals surface area contributed by atoms with Gasteiger partial charge in [0.25, 0.3) is 0 Å². The van der Waals surface area contributed by atoms with Crippen molar-refractivity contribution in [1.29, 1.82) is 0 Å². The van der Waals surface area contributed by atoms with Crippen molar-refractivity contribution in [1.82, 2.24) is 0 Å². The minimum Gasteiger partial charge on any atom is -0.326 e. The third-order valence-electron chi connectivity index (χ3n) is 3.80.